The van der Waals surface area contributed by atoms with Gasteiger partial charge in [0, 0.05) is 22.5 Å². The van der Waals surface area contributed by atoms with Gasteiger partial charge in [0.05, 0.1) is 27.8 Å². The lowest BCUT2D eigenvalue weighted by Gasteiger charge is -2.35. The zero-order chi connectivity index (χ0) is 50.2. The average Bonchev–Trinajstić information content (AvgIpc) is 3.34. The molecule has 0 saturated carbocycles. The Morgan fingerprint density at radius 3 is 1.21 bits per heavy atom. The van der Waals surface area contributed by atoms with Crippen molar-refractivity contribution in [3.8, 4) is 22.3 Å². The van der Waals surface area contributed by atoms with Crippen LogP contribution >= 0.6 is 11.6 Å². The van der Waals surface area contributed by atoms with E-state index >= 15 is 0 Å². The molecule has 0 aromatic heterocycles. The first-order valence-electron chi connectivity index (χ1n) is 25.3. The van der Waals surface area contributed by atoms with Crippen molar-refractivity contribution in [3.63, 3.8) is 0 Å². The zero-order valence-electron chi connectivity index (χ0n) is 43.7. The van der Waals surface area contributed by atoms with Gasteiger partial charge in [-0.3, -0.25) is 0 Å². The van der Waals surface area contributed by atoms with E-state index < -0.39 is 0 Å². The molecule has 0 amide bonds. The van der Waals surface area contributed by atoms with Crippen molar-refractivity contribution in [2.45, 2.75) is 105 Å². The topological polar surface area (TPSA) is 6.48 Å². The van der Waals surface area contributed by atoms with Crippen molar-refractivity contribution in [1.82, 2.24) is 0 Å². The number of rotatable bonds is 8. The van der Waals surface area contributed by atoms with Crippen molar-refractivity contribution < 1.29 is 0 Å². The summed E-state index contributed by atoms with van der Waals surface area (Å²) in [7, 11) is 0. The molecule has 0 heterocycles. The van der Waals surface area contributed by atoms with Crippen molar-refractivity contribution in [1.29, 1.82) is 0 Å². The number of anilines is 6. The summed E-state index contributed by atoms with van der Waals surface area (Å²) in [6.45, 7) is 27.5. The SMILES string of the molecule is CC(C)(C)c1ccc(N(c2ccccc2-c2ccccc2)c2cc(C(C)(C)C)cc(N(c3ccc(C(C)(C)C)cc3)c3ccc(C(C)(C)C)cc3-c3cc4ccc5cccc6ccc(c3)c4c56)c2Cl)cc1. The Morgan fingerprint density at radius 2 is 0.718 bits per heavy atom. The number of nitrogens with zero attached hydrogens (tertiary/aromatic N) is 2. The van der Waals surface area contributed by atoms with Gasteiger partial charge in [-0.25, -0.2) is 0 Å². The third-order valence-corrected chi connectivity index (χ3v) is 14.9. The zero-order valence-corrected chi connectivity index (χ0v) is 44.4. The van der Waals surface area contributed by atoms with Crippen LogP contribution in [-0.4, -0.2) is 0 Å². The molecule has 0 aliphatic heterocycles. The summed E-state index contributed by atoms with van der Waals surface area (Å²) in [5.74, 6) is 0. The van der Waals surface area contributed by atoms with Gasteiger partial charge in [0.2, 0.25) is 0 Å². The van der Waals surface area contributed by atoms with E-state index in [1.165, 1.54) is 54.6 Å². The number of hydrogen-bond donors (Lipinski definition) is 0. The quantitative estimate of drug-likeness (QED) is 0.140. The number of benzene rings is 10. The molecule has 0 aliphatic rings. The third kappa shape index (κ3) is 9.09. The second-order valence-electron chi connectivity index (χ2n) is 23.7. The van der Waals surface area contributed by atoms with E-state index in [2.05, 4.69) is 281 Å². The molecule has 0 aliphatic carbocycles. The Labute approximate surface area is 427 Å². The van der Waals surface area contributed by atoms with E-state index in [9.17, 15) is 0 Å². The molecule has 0 atom stereocenters. The normalized spacial score (nSPS) is 12.6. The van der Waals surface area contributed by atoms with Crippen molar-refractivity contribution in [3.05, 3.63) is 215 Å². The van der Waals surface area contributed by atoms with Gasteiger partial charge in [0.25, 0.3) is 0 Å². The van der Waals surface area contributed by atoms with E-state index in [0.717, 1.165) is 56.4 Å². The maximum atomic E-state index is 8.32. The molecule has 0 N–H and O–H groups in total. The summed E-state index contributed by atoms with van der Waals surface area (Å²) in [5, 5.41) is 8.28. The van der Waals surface area contributed by atoms with Crippen molar-refractivity contribution in [2.24, 2.45) is 0 Å². The molecule has 10 aromatic carbocycles. The summed E-state index contributed by atoms with van der Waals surface area (Å²) in [6.07, 6.45) is 0. The van der Waals surface area contributed by atoms with Crippen molar-refractivity contribution >= 4 is 78.0 Å². The molecule has 0 saturated heterocycles. The number of para-hydroxylation sites is 1. The van der Waals surface area contributed by atoms with E-state index in [0.29, 0.717) is 5.02 Å². The molecule has 0 spiro atoms. The lowest BCUT2D eigenvalue weighted by molar-refractivity contribution is 0.589. The van der Waals surface area contributed by atoms with Crippen LogP contribution < -0.4 is 9.80 Å². The Kier molecular flexibility index (Phi) is 12.0. The molecule has 0 fully saturated rings. The molecule has 3 heteroatoms. The molecule has 356 valence electrons. The smallest absolute Gasteiger partial charge is 0.0887 e. The minimum Gasteiger partial charge on any atom is -0.308 e. The van der Waals surface area contributed by atoms with E-state index in [1.807, 2.05) is 0 Å². The first kappa shape index (κ1) is 47.8. The van der Waals surface area contributed by atoms with Crippen LogP contribution in [0.2, 0.25) is 5.02 Å². The first-order chi connectivity index (χ1) is 33.6. The maximum absolute atomic E-state index is 8.32. The van der Waals surface area contributed by atoms with Gasteiger partial charge in [0.1, 0.15) is 0 Å². The van der Waals surface area contributed by atoms with E-state index in [-0.39, 0.29) is 21.7 Å². The molecule has 0 unspecified atom stereocenters. The molecular formula is C68H67ClN2. The Hall–Kier alpha value is -6.87. The van der Waals surface area contributed by atoms with Gasteiger partial charge in [-0.15, -0.1) is 0 Å². The first-order valence-corrected chi connectivity index (χ1v) is 25.7. The Balaban J connectivity index is 1.29. The summed E-state index contributed by atoms with van der Waals surface area (Å²) >= 11 is 8.32. The summed E-state index contributed by atoms with van der Waals surface area (Å²) in [4.78, 5) is 4.82. The summed E-state index contributed by atoms with van der Waals surface area (Å²) < 4.78 is 0. The van der Waals surface area contributed by atoms with E-state index in [4.69, 9.17) is 11.6 Å². The lowest BCUT2D eigenvalue weighted by Crippen LogP contribution is -2.20. The minimum absolute atomic E-state index is 0.0126. The monoisotopic (exact) mass is 946 g/mol. The largest absolute Gasteiger partial charge is 0.308 e. The number of hydrogen-bond acceptors (Lipinski definition) is 2. The van der Waals surface area contributed by atoms with Gasteiger partial charge in [-0.2, -0.15) is 0 Å². The predicted molar refractivity (Wildman–Crippen MR) is 310 cm³/mol. The van der Waals surface area contributed by atoms with E-state index in [1.54, 1.807) is 0 Å². The summed E-state index contributed by atoms with van der Waals surface area (Å²) in [5.41, 5.74) is 15.2. The van der Waals surface area contributed by atoms with Crippen LogP contribution in [-0.2, 0) is 21.7 Å². The molecular weight excluding hydrogens is 880 g/mol. The van der Waals surface area contributed by atoms with Gasteiger partial charge < -0.3 is 9.80 Å². The second-order valence-corrected chi connectivity index (χ2v) is 24.1. The fourth-order valence-electron chi connectivity index (χ4n) is 10.3. The highest BCUT2D eigenvalue weighted by Crippen LogP contribution is 2.53. The maximum Gasteiger partial charge on any atom is 0.0887 e. The molecule has 0 radical (unpaired) electrons. The van der Waals surface area contributed by atoms with Crippen LogP contribution in [0.5, 0.6) is 0 Å². The highest BCUT2D eigenvalue weighted by atomic mass is 35.5. The molecule has 0 bridgehead atoms. The number of halogens is 1. The summed E-state index contributed by atoms with van der Waals surface area (Å²) in [6, 6.07) is 70.0. The fourth-order valence-corrected chi connectivity index (χ4v) is 10.5. The Bertz CT molecular complexity index is 3490. The Morgan fingerprint density at radius 1 is 0.296 bits per heavy atom. The van der Waals surface area contributed by atoms with Gasteiger partial charge in [0.15, 0.2) is 0 Å². The highest BCUT2D eigenvalue weighted by molar-refractivity contribution is 6.37. The van der Waals surface area contributed by atoms with Crippen molar-refractivity contribution in [2.75, 3.05) is 9.80 Å². The average molecular weight is 948 g/mol. The molecule has 10 rings (SSSR count). The van der Waals surface area contributed by atoms with Crippen LogP contribution in [0.25, 0.3) is 54.6 Å². The van der Waals surface area contributed by atoms with Gasteiger partial charge in [-0.05, 0) is 154 Å². The lowest BCUT2D eigenvalue weighted by atomic mass is 9.83. The van der Waals surface area contributed by atoms with Crippen LogP contribution in [0.3, 0.4) is 0 Å². The third-order valence-electron chi connectivity index (χ3n) is 14.5. The predicted octanol–water partition coefficient (Wildman–Crippen LogP) is 20.7. The molecule has 10 aromatic rings. The molecule has 2 nitrogen and oxygen atoms in total. The van der Waals surface area contributed by atoms with Gasteiger partial charge in [-0.1, -0.05) is 216 Å². The van der Waals surface area contributed by atoms with Crippen LogP contribution in [0, 0.1) is 0 Å². The second kappa shape index (κ2) is 17.8. The highest BCUT2D eigenvalue weighted by Gasteiger charge is 2.30. The minimum atomic E-state index is -0.246. The standard InChI is InChI=1S/C68H67ClN2/c1-65(2,3)50-29-34-54(35-30-50)70(58-24-17-16-23-56(58)44-19-14-13-15-20-44)60-42-53(68(10,11)12)43-61(64(60)69)71(55-36-31-51(32-37-55)66(4,5)6)59-38-33-52(67(7,8)9)41-57(59)49-39-47-27-25-45-21-18-22-46-26-28-48(40-49)63(47)62(45)46/h13-43H,1-12H3. The van der Waals surface area contributed by atoms with Crippen LogP contribution in [0.1, 0.15) is 105 Å². The van der Waals surface area contributed by atoms with Crippen LogP contribution in [0.4, 0.5) is 34.1 Å². The molecule has 71 heavy (non-hydrogen) atoms. The van der Waals surface area contributed by atoms with Crippen LogP contribution in [0.15, 0.2) is 188 Å². The van der Waals surface area contributed by atoms with Gasteiger partial charge >= 0.3 is 0 Å². The fraction of sp³-hybridized carbons (Fsp3) is 0.235.